The normalized spacial score (nSPS) is 15.0. The molecule has 0 unspecified atom stereocenters. The summed E-state index contributed by atoms with van der Waals surface area (Å²) in [6.07, 6.45) is 2.61. The second-order valence-corrected chi connectivity index (χ2v) is 5.25. The predicted molar refractivity (Wildman–Crippen MR) is 75.1 cm³/mol. The Hall–Kier alpha value is -1.62. The Balaban J connectivity index is 1.74. The van der Waals surface area contributed by atoms with Gasteiger partial charge in [-0.25, -0.2) is 0 Å². The molecule has 3 rings (SSSR count). The summed E-state index contributed by atoms with van der Waals surface area (Å²) in [6, 6.07) is 8.60. The topological polar surface area (TPSA) is 41.0 Å². The maximum absolute atomic E-state index is 4.00. The van der Waals surface area contributed by atoms with E-state index in [0.717, 1.165) is 11.7 Å². The number of nitrogens with one attached hydrogen (secondary N) is 1. The molecule has 0 spiro atoms. The maximum atomic E-state index is 4.00. The van der Waals surface area contributed by atoms with Gasteiger partial charge in [0.05, 0.1) is 0 Å². The Labute approximate surface area is 111 Å². The largest absolute Gasteiger partial charge is 0.371 e. The maximum Gasteiger partial charge on any atom is 0.205 e. The van der Waals surface area contributed by atoms with Crippen molar-refractivity contribution in [2.45, 2.75) is 19.4 Å². The highest BCUT2D eigenvalue weighted by atomic mass is 32.1. The van der Waals surface area contributed by atoms with Gasteiger partial charge in [0.15, 0.2) is 0 Å². The third-order valence-corrected chi connectivity index (χ3v) is 3.88. The van der Waals surface area contributed by atoms with Crippen LogP contribution in [0.5, 0.6) is 0 Å². The molecule has 1 saturated heterocycles. The zero-order chi connectivity index (χ0) is 12.2. The van der Waals surface area contributed by atoms with Crippen molar-refractivity contribution in [1.29, 1.82) is 0 Å². The highest BCUT2D eigenvalue weighted by molar-refractivity contribution is 7.13. The van der Waals surface area contributed by atoms with Gasteiger partial charge in [-0.05, 0) is 24.5 Å². The molecule has 0 bridgehead atoms. The summed E-state index contributed by atoms with van der Waals surface area (Å²) in [7, 11) is 0. The van der Waals surface area contributed by atoms with Crippen molar-refractivity contribution in [3.05, 3.63) is 35.3 Å². The van der Waals surface area contributed by atoms with Crippen molar-refractivity contribution < 1.29 is 0 Å². The van der Waals surface area contributed by atoms with Crippen LogP contribution in [0.1, 0.15) is 18.4 Å². The van der Waals surface area contributed by atoms with Crippen molar-refractivity contribution in [3.8, 4) is 0 Å². The quantitative estimate of drug-likeness (QED) is 0.917. The molecular weight excluding hydrogens is 244 g/mol. The Bertz CT molecular complexity index is 491. The van der Waals surface area contributed by atoms with Crippen molar-refractivity contribution in [2.75, 3.05) is 23.3 Å². The molecule has 2 aromatic rings. The van der Waals surface area contributed by atoms with E-state index in [0.29, 0.717) is 0 Å². The Morgan fingerprint density at radius 2 is 2.06 bits per heavy atom. The first-order valence-corrected chi connectivity index (χ1v) is 7.14. The molecule has 18 heavy (non-hydrogen) atoms. The third kappa shape index (κ3) is 2.46. The molecule has 0 amide bonds. The van der Waals surface area contributed by atoms with E-state index in [9.17, 15) is 0 Å². The van der Waals surface area contributed by atoms with Gasteiger partial charge in [0.25, 0.3) is 0 Å². The predicted octanol–water partition coefficient (Wildman–Crippen LogP) is 2.75. The van der Waals surface area contributed by atoms with Crippen LogP contribution in [0.2, 0.25) is 0 Å². The van der Waals surface area contributed by atoms with Gasteiger partial charge in [-0.2, -0.15) is 0 Å². The Morgan fingerprint density at radius 1 is 1.22 bits per heavy atom. The van der Waals surface area contributed by atoms with E-state index < -0.39 is 0 Å². The van der Waals surface area contributed by atoms with E-state index in [1.54, 1.807) is 5.51 Å². The van der Waals surface area contributed by atoms with Crippen LogP contribution in [-0.4, -0.2) is 23.3 Å². The molecule has 0 aliphatic carbocycles. The lowest BCUT2D eigenvalue weighted by molar-refractivity contribution is 0.948. The average Bonchev–Trinajstić information content (AvgIpc) is 3.10. The third-order valence-electron chi connectivity index (χ3n) is 3.23. The molecular formula is C13H16N4S. The lowest BCUT2D eigenvalue weighted by Gasteiger charge is -2.21. The first kappa shape index (κ1) is 11.5. The number of hydrogen-bond donors (Lipinski definition) is 1. The van der Waals surface area contributed by atoms with Crippen LogP contribution in [0.3, 0.4) is 0 Å². The minimum absolute atomic E-state index is 0.807. The summed E-state index contributed by atoms with van der Waals surface area (Å²) < 4.78 is 0. The van der Waals surface area contributed by atoms with E-state index >= 15 is 0 Å². The van der Waals surface area contributed by atoms with Crippen LogP contribution >= 0.6 is 11.3 Å². The number of rotatable bonds is 4. The smallest absolute Gasteiger partial charge is 0.205 e. The zero-order valence-corrected chi connectivity index (χ0v) is 11.0. The van der Waals surface area contributed by atoms with Crippen LogP contribution in [0.4, 0.5) is 10.8 Å². The Morgan fingerprint density at radius 3 is 2.83 bits per heavy atom. The van der Waals surface area contributed by atoms with Crippen LogP contribution < -0.4 is 10.2 Å². The highest BCUT2D eigenvalue weighted by Crippen LogP contribution is 2.25. The molecule has 0 atom stereocenters. The molecule has 1 aromatic heterocycles. The number of benzene rings is 1. The van der Waals surface area contributed by atoms with Gasteiger partial charge in [-0.3, -0.25) is 0 Å². The van der Waals surface area contributed by atoms with Gasteiger partial charge in [0.1, 0.15) is 5.51 Å². The van der Waals surface area contributed by atoms with Crippen molar-refractivity contribution in [3.63, 3.8) is 0 Å². The van der Waals surface area contributed by atoms with Gasteiger partial charge >= 0.3 is 0 Å². The fourth-order valence-electron chi connectivity index (χ4n) is 2.35. The molecule has 0 saturated carbocycles. The van der Waals surface area contributed by atoms with Gasteiger partial charge in [-0.15, -0.1) is 10.2 Å². The Kier molecular flexibility index (Phi) is 3.41. The molecule has 5 heteroatoms. The summed E-state index contributed by atoms with van der Waals surface area (Å²) in [4.78, 5) is 2.47. The lowest BCUT2D eigenvalue weighted by Crippen LogP contribution is -2.19. The number of anilines is 2. The standard InChI is InChI=1S/C13H16N4S/c1-2-6-12(17-7-3-4-8-17)11(5-1)9-14-13-16-15-10-18-13/h1-2,5-6,10H,3-4,7-9H2,(H,14,16). The SMILES string of the molecule is c1ccc(N2CCCC2)c(CNc2nncs2)c1. The molecule has 1 aliphatic heterocycles. The molecule has 1 fully saturated rings. The monoisotopic (exact) mass is 260 g/mol. The van der Waals surface area contributed by atoms with E-state index in [4.69, 9.17) is 0 Å². The van der Waals surface area contributed by atoms with Crippen LogP contribution in [0, 0.1) is 0 Å². The molecule has 94 valence electrons. The summed E-state index contributed by atoms with van der Waals surface area (Å²) in [5.74, 6) is 0. The average molecular weight is 260 g/mol. The second-order valence-electron chi connectivity index (χ2n) is 4.42. The molecule has 1 aliphatic rings. The zero-order valence-electron chi connectivity index (χ0n) is 10.2. The molecule has 1 N–H and O–H groups in total. The number of aromatic nitrogens is 2. The lowest BCUT2D eigenvalue weighted by atomic mass is 10.1. The van der Waals surface area contributed by atoms with Gasteiger partial charge in [-0.1, -0.05) is 29.5 Å². The first-order valence-electron chi connectivity index (χ1n) is 6.26. The highest BCUT2D eigenvalue weighted by Gasteiger charge is 2.15. The van der Waals surface area contributed by atoms with Gasteiger partial charge in [0.2, 0.25) is 5.13 Å². The van der Waals surface area contributed by atoms with Crippen molar-refractivity contribution >= 4 is 22.2 Å². The number of nitrogens with zero attached hydrogens (tertiary/aromatic N) is 3. The summed E-state index contributed by atoms with van der Waals surface area (Å²) in [6.45, 7) is 3.16. The van der Waals surface area contributed by atoms with Gasteiger partial charge in [0, 0.05) is 25.3 Å². The molecule has 1 aromatic carbocycles. The van der Waals surface area contributed by atoms with E-state index in [-0.39, 0.29) is 0 Å². The van der Waals surface area contributed by atoms with Crippen molar-refractivity contribution in [1.82, 2.24) is 10.2 Å². The molecule has 0 radical (unpaired) electrons. The summed E-state index contributed by atoms with van der Waals surface area (Å²) in [5, 5.41) is 12.0. The van der Waals surface area contributed by atoms with E-state index in [2.05, 4.69) is 44.7 Å². The minimum atomic E-state index is 0.807. The van der Waals surface area contributed by atoms with E-state index in [1.807, 2.05) is 0 Å². The molecule has 2 heterocycles. The number of hydrogen-bond acceptors (Lipinski definition) is 5. The van der Waals surface area contributed by atoms with Crippen LogP contribution in [0.25, 0.3) is 0 Å². The first-order chi connectivity index (χ1) is 8.93. The molecule has 4 nitrogen and oxygen atoms in total. The number of para-hydroxylation sites is 1. The van der Waals surface area contributed by atoms with Crippen molar-refractivity contribution in [2.24, 2.45) is 0 Å². The van der Waals surface area contributed by atoms with Gasteiger partial charge < -0.3 is 10.2 Å². The summed E-state index contributed by atoms with van der Waals surface area (Å²) in [5.41, 5.74) is 4.43. The van der Waals surface area contributed by atoms with Crippen LogP contribution in [-0.2, 0) is 6.54 Å². The summed E-state index contributed by atoms with van der Waals surface area (Å²) >= 11 is 1.53. The fourth-order valence-corrected chi connectivity index (χ4v) is 2.79. The van der Waals surface area contributed by atoms with E-state index in [1.165, 1.54) is 48.5 Å². The second kappa shape index (κ2) is 5.35. The van der Waals surface area contributed by atoms with Crippen LogP contribution in [0.15, 0.2) is 29.8 Å². The minimum Gasteiger partial charge on any atom is -0.371 e. The fraction of sp³-hybridized carbons (Fsp3) is 0.385.